The average molecular weight is 343 g/mol. The molecule has 0 spiro atoms. The molecule has 0 radical (unpaired) electrons. The van der Waals surface area contributed by atoms with E-state index in [9.17, 15) is 4.79 Å². The number of anilines is 1. The second-order valence-corrected chi connectivity index (χ2v) is 5.38. The van der Waals surface area contributed by atoms with Gasteiger partial charge in [-0.05, 0) is 38.1 Å². The Morgan fingerprint density at radius 2 is 1.80 bits per heavy atom. The summed E-state index contributed by atoms with van der Waals surface area (Å²) in [6.07, 6.45) is -0.711. The van der Waals surface area contributed by atoms with Crippen molar-refractivity contribution in [2.75, 3.05) is 25.1 Å². The molecule has 0 bridgehead atoms. The van der Waals surface area contributed by atoms with Crippen LogP contribution in [0.25, 0.3) is 0 Å². The molecule has 6 nitrogen and oxygen atoms in total. The van der Waals surface area contributed by atoms with Gasteiger partial charge in [0.2, 0.25) is 6.10 Å². The molecular weight excluding hydrogens is 322 g/mol. The lowest BCUT2D eigenvalue weighted by atomic mass is 10.2. The van der Waals surface area contributed by atoms with Crippen LogP contribution >= 0.6 is 0 Å². The average Bonchev–Trinajstić information content (AvgIpc) is 2.64. The molecule has 2 aromatic rings. The number of fused-ring (bicyclic) bond motifs is 1. The van der Waals surface area contributed by atoms with Crippen molar-refractivity contribution in [2.45, 2.75) is 20.0 Å². The number of para-hydroxylation sites is 2. The Bertz CT molecular complexity index is 746. The van der Waals surface area contributed by atoms with Crippen LogP contribution in [0.5, 0.6) is 23.0 Å². The van der Waals surface area contributed by atoms with Crippen molar-refractivity contribution in [3.8, 4) is 23.0 Å². The first-order valence-corrected chi connectivity index (χ1v) is 8.30. The highest BCUT2D eigenvalue weighted by Gasteiger charge is 2.27. The van der Waals surface area contributed by atoms with E-state index in [2.05, 4.69) is 5.32 Å². The van der Waals surface area contributed by atoms with Gasteiger partial charge in [-0.25, -0.2) is 0 Å². The molecule has 0 aliphatic carbocycles. The molecule has 1 atom stereocenters. The summed E-state index contributed by atoms with van der Waals surface area (Å²) in [5.74, 6) is 2.17. The van der Waals surface area contributed by atoms with Crippen LogP contribution in [0, 0.1) is 0 Å². The Morgan fingerprint density at radius 1 is 1.08 bits per heavy atom. The number of nitrogens with one attached hydrogen (secondary N) is 1. The first kappa shape index (κ1) is 17.0. The number of hydrogen-bond acceptors (Lipinski definition) is 5. The molecule has 0 saturated heterocycles. The van der Waals surface area contributed by atoms with Gasteiger partial charge in [0.05, 0.1) is 13.2 Å². The fourth-order valence-corrected chi connectivity index (χ4v) is 2.50. The van der Waals surface area contributed by atoms with Gasteiger partial charge in [-0.3, -0.25) is 4.79 Å². The Balaban J connectivity index is 1.70. The highest BCUT2D eigenvalue weighted by Crippen LogP contribution is 2.32. The van der Waals surface area contributed by atoms with Crippen LogP contribution in [0.1, 0.15) is 13.8 Å². The van der Waals surface area contributed by atoms with Crippen LogP contribution in [0.3, 0.4) is 0 Å². The van der Waals surface area contributed by atoms with Gasteiger partial charge in [-0.1, -0.05) is 12.1 Å². The number of hydrogen-bond donors (Lipinski definition) is 1. The molecule has 1 amide bonds. The fraction of sp³-hybridized carbons (Fsp3) is 0.316. The number of amides is 1. The largest absolute Gasteiger partial charge is 0.490 e. The molecule has 1 heterocycles. The van der Waals surface area contributed by atoms with Gasteiger partial charge >= 0.3 is 0 Å². The van der Waals surface area contributed by atoms with E-state index in [1.165, 1.54) is 0 Å². The van der Waals surface area contributed by atoms with Crippen molar-refractivity contribution >= 4 is 11.6 Å². The van der Waals surface area contributed by atoms with E-state index in [0.29, 0.717) is 41.9 Å². The second kappa shape index (κ2) is 7.79. The molecule has 6 heteroatoms. The molecule has 2 aromatic carbocycles. The van der Waals surface area contributed by atoms with E-state index < -0.39 is 6.10 Å². The molecule has 25 heavy (non-hydrogen) atoms. The summed E-state index contributed by atoms with van der Waals surface area (Å²) in [6.45, 7) is 5.01. The Hall–Kier alpha value is -2.89. The summed E-state index contributed by atoms with van der Waals surface area (Å²) >= 11 is 0. The van der Waals surface area contributed by atoms with Gasteiger partial charge in [0, 0.05) is 11.8 Å². The molecule has 1 N–H and O–H groups in total. The quantitative estimate of drug-likeness (QED) is 0.872. The molecule has 1 aliphatic rings. The third-order valence-electron chi connectivity index (χ3n) is 3.61. The maximum atomic E-state index is 12.5. The number of carbonyl (C=O) groups excluding carboxylic acids is 1. The van der Waals surface area contributed by atoms with Crippen LogP contribution in [-0.2, 0) is 4.79 Å². The second-order valence-electron chi connectivity index (χ2n) is 5.38. The summed E-state index contributed by atoms with van der Waals surface area (Å²) in [5, 5.41) is 2.83. The van der Waals surface area contributed by atoms with Crippen molar-refractivity contribution in [1.29, 1.82) is 0 Å². The topological polar surface area (TPSA) is 66.0 Å². The van der Waals surface area contributed by atoms with Crippen molar-refractivity contribution in [3.05, 3.63) is 42.5 Å². The summed E-state index contributed by atoms with van der Waals surface area (Å²) in [5.41, 5.74) is 0.611. The number of rotatable bonds is 6. The van der Waals surface area contributed by atoms with Crippen molar-refractivity contribution < 1.29 is 23.7 Å². The molecule has 3 rings (SSSR count). The van der Waals surface area contributed by atoms with E-state index in [0.717, 1.165) is 0 Å². The van der Waals surface area contributed by atoms with Crippen LogP contribution in [-0.4, -0.2) is 31.8 Å². The van der Waals surface area contributed by atoms with Gasteiger partial charge in [-0.15, -0.1) is 0 Å². The molecule has 132 valence electrons. The first-order valence-electron chi connectivity index (χ1n) is 8.30. The van der Waals surface area contributed by atoms with Crippen molar-refractivity contribution in [1.82, 2.24) is 0 Å². The molecule has 1 unspecified atom stereocenters. The maximum Gasteiger partial charge on any atom is 0.269 e. The third-order valence-corrected chi connectivity index (χ3v) is 3.61. The Labute approximate surface area is 146 Å². The van der Waals surface area contributed by atoms with E-state index in [1.807, 2.05) is 32.0 Å². The molecule has 0 fully saturated rings. The number of benzene rings is 2. The van der Waals surface area contributed by atoms with Gasteiger partial charge in [0.25, 0.3) is 5.91 Å². The minimum atomic E-state index is -0.711. The highest BCUT2D eigenvalue weighted by atomic mass is 16.6. The maximum absolute atomic E-state index is 12.5. The van der Waals surface area contributed by atoms with Gasteiger partial charge in [0.1, 0.15) is 6.61 Å². The fourth-order valence-electron chi connectivity index (χ4n) is 2.50. The van der Waals surface area contributed by atoms with Gasteiger partial charge in [0.15, 0.2) is 23.0 Å². The summed E-state index contributed by atoms with van der Waals surface area (Å²) < 4.78 is 22.4. The smallest absolute Gasteiger partial charge is 0.269 e. The molecule has 0 aromatic heterocycles. The third kappa shape index (κ3) is 3.96. The minimum absolute atomic E-state index is 0.165. The number of ether oxygens (including phenoxy) is 4. The lowest BCUT2D eigenvalue weighted by Crippen LogP contribution is -2.40. The Morgan fingerprint density at radius 3 is 2.56 bits per heavy atom. The summed E-state index contributed by atoms with van der Waals surface area (Å²) in [7, 11) is 0. The monoisotopic (exact) mass is 343 g/mol. The van der Waals surface area contributed by atoms with Crippen molar-refractivity contribution in [3.63, 3.8) is 0 Å². The lowest BCUT2D eigenvalue weighted by molar-refractivity contribution is -0.125. The van der Waals surface area contributed by atoms with Crippen LogP contribution in [0.15, 0.2) is 42.5 Å². The van der Waals surface area contributed by atoms with E-state index >= 15 is 0 Å². The standard InChI is InChI=1S/C19H21NO5/c1-3-22-15-10-9-13(11-17(15)23-4-2)20-19(21)18-12-24-14-7-5-6-8-16(14)25-18/h5-11,18H,3-4,12H2,1-2H3,(H,20,21). The Kier molecular flexibility index (Phi) is 5.28. The van der Waals surface area contributed by atoms with Crippen LogP contribution in [0.4, 0.5) is 5.69 Å². The highest BCUT2D eigenvalue weighted by molar-refractivity contribution is 5.95. The van der Waals surface area contributed by atoms with E-state index in [4.69, 9.17) is 18.9 Å². The molecule has 1 aliphatic heterocycles. The van der Waals surface area contributed by atoms with Gasteiger partial charge in [-0.2, -0.15) is 0 Å². The van der Waals surface area contributed by atoms with Gasteiger partial charge < -0.3 is 24.3 Å². The van der Waals surface area contributed by atoms with Crippen LogP contribution < -0.4 is 24.3 Å². The SMILES string of the molecule is CCOc1ccc(NC(=O)C2COc3ccccc3O2)cc1OCC. The van der Waals surface area contributed by atoms with Crippen LogP contribution in [0.2, 0.25) is 0 Å². The summed E-state index contributed by atoms with van der Waals surface area (Å²) in [4.78, 5) is 12.5. The predicted octanol–water partition coefficient (Wildman–Crippen LogP) is 3.26. The zero-order chi connectivity index (χ0) is 17.6. The summed E-state index contributed by atoms with van der Waals surface area (Å²) in [6, 6.07) is 12.6. The molecular formula is C19H21NO5. The zero-order valence-corrected chi connectivity index (χ0v) is 14.3. The lowest BCUT2D eigenvalue weighted by Gasteiger charge is -2.25. The minimum Gasteiger partial charge on any atom is -0.490 e. The predicted molar refractivity (Wildman–Crippen MR) is 93.8 cm³/mol. The molecule has 0 saturated carbocycles. The first-order chi connectivity index (χ1) is 12.2. The van der Waals surface area contributed by atoms with E-state index in [1.54, 1.807) is 24.3 Å². The normalized spacial score (nSPS) is 15.4. The zero-order valence-electron chi connectivity index (χ0n) is 14.3. The van der Waals surface area contributed by atoms with Crippen molar-refractivity contribution in [2.24, 2.45) is 0 Å². The van der Waals surface area contributed by atoms with E-state index in [-0.39, 0.29) is 12.5 Å². The number of carbonyl (C=O) groups is 1.